The Kier molecular flexibility index (Phi) is 1.51. The predicted molar refractivity (Wildman–Crippen MR) is 60.1 cm³/mol. The van der Waals surface area contributed by atoms with Crippen LogP contribution in [-0.4, -0.2) is 0 Å². The number of fused-ring (bicyclic) bond motifs is 3. The van der Waals surface area contributed by atoms with Crippen LogP contribution >= 0.6 is 0 Å². The Labute approximate surface area is 84.3 Å². The van der Waals surface area contributed by atoms with E-state index in [1.54, 1.807) is 0 Å². The molecule has 0 saturated carbocycles. The minimum Gasteiger partial charge on any atom is -0.0697 e. The zero-order chi connectivity index (χ0) is 9.54. The second-order valence-corrected chi connectivity index (χ2v) is 3.99. The molecular weight excluding hydrogens is 168 g/mol. The minimum atomic E-state index is 0.510. The topological polar surface area (TPSA) is 0 Å². The molecule has 1 unspecified atom stereocenters. The molecule has 0 saturated heterocycles. The highest BCUT2D eigenvalue weighted by Crippen LogP contribution is 2.39. The van der Waals surface area contributed by atoms with Gasteiger partial charge in [0.1, 0.15) is 0 Å². The van der Waals surface area contributed by atoms with Gasteiger partial charge in [0.15, 0.2) is 0 Å². The molecule has 68 valence electrons. The molecule has 14 heavy (non-hydrogen) atoms. The predicted octanol–water partition coefficient (Wildman–Crippen LogP) is 3.68. The summed E-state index contributed by atoms with van der Waals surface area (Å²) in [6, 6.07) is 8.64. The van der Waals surface area contributed by atoms with Crippen molar-refractivity contribution in [3.05, 3.63) is 64.8 Å². The fourth-order valence-corrected chi connectivity index (χ4v) is 2.31. The van der Waals surface area contributed by atoms with Crippen LogP contribution in [0.1, 0.15) is 24.0 Å². The van der Waals surface area contributed by atoms with E-state index >= 15 is 0 Å². The summed E-state index contributed by atoms with van der Waals surface area (Å²) < 4.78 is 0. The Morgan fingerprint density at radius 3 is 2.86 bits per heavy atom. The summed E-state index contributed by atoms with van der Waals surface area (Å²) >= 11 is 0. The van der Waals surface area contributed by atoms with Gasteiger partial charge in [0.25, 0.3) is 0 Å². The van der Waals surface area contributed by atoms with Crippen molar-refractivity contribution in [1.29, 1.82) is 0 Å². The Bertz CT molecular complexity index is 473. The third-order valence-corrected chi connectivity index (χ3v) is 2.97. The lowest BCUT2D eigenvalue weighted by Crippen LogP contribution is -2.01. The first-order valence-electron chi connectivity index (χ1n) is 5.01. The lowest BCUT2D eigenvalue weighted by atomic mass is 9.85. The average Bonchev–Trinajstić information content (AvgIpc) is 2.59. The molecule has 1 atom stereocenters. The maximum atomic E-state index is 2.34. The number of allylic oxidation sites excluding steroid dienone is 5. The summed E-state index contributed by atoms with van der Waals surface area (Å²) in [5.41, 5.74) is 5.62. The summed E-state index contributed by atoms with van der Waals surface area (Å²) in [5.74, 6) is 0.510. The smallest absolute Gasteiger partial charge is 0.0281 e. The van der Waals surface area contributed by atoms with E-state index in [9.17, 15) is 0 Å². The van der Waals surface area contributed by atoms with Gasteiger partial charge in [-0.25, -0.2) is 0 Å². The van der Waals surface area contributed by atoms with E-state index in [-0.39, 0.29) is 0 Å². The largest absolute Gasteiger partial charge is 0.0697 e. The van der Waals surface area contributed by atoms with E-state index in [4.69, 9.17) is 0 Å². The van der Waals surface area contributed by atoms with Gasteiger partial charge in [0, 0.05) is 5.92 Å². The zero-order valence-corrected chi connectivity index (χ0v) is 8.20. The Hall–Kier alpha value is -1.56. The fourth-order valence-electron chi connectivity index (χ4n) is 2.31. The van der Waals surface area contributed by atoms with Gasteiger partial charge < -0.3 is 0 Å². The molecule has 0 bridgehead atoms. The van der Waals surface area contributed by atoms with Crippen LogP contribution < -0.4 is 0 Å². The third-order valence-electron chi connectivity index (χ3n) is 2.97. The van der Waals surface area contributed by atoms with Crippen molar-refractivity contribution in [2.75, 3.05) is 0 Å². The van der Waals surface area contributed by atoms with Crippen LogP contribution in [0.4, 0.5) is 0 Å². The van der Waals surface area contributed by atoms with Gasteiger partial charge in [-0.15, -0.1) is 0 Å². The van der Waals surface area contributed by atoms with Crippen LogP contribution in [0.3, 0.4) is 0 Å². The van der Waals surface area contributed by atoms with E-state index in [1.807, 2.05) is 0 Å². The number of hydrogen-bond acceptors (Lipinski definition) is 0. The molecule has 0 N–H and O–H groups in total. The summed E-state index contributed by atoms with van der Waals surface area (Å²) in [5, 5.41) is 0. The Morgan fingerprint density at radius 1 is 1.07 bits per heavy atom. The SMILES string of the molecule is CC1=CC2C(=C1)C=Cc1ccccc12. The molecule has 0 spiro atoms. The number of hydrogen-bond donors (Lipinski definition) is 0. The fraction of sp³-hybridized carbons (Fsp3) is 0.143. The molecule has 0 aromatic heterocycles. The molecule has 1 aromatic rings. The van der Waals surface area contributed by atoms with Crippen molar-refractivity contribution in [3.8, 4) is 0 Å². The van der Waals surface area contributed by atoms with Gasteiger partial charge in [0.05, 0.1) is 0 Å². The number of rotatable bonds is 0. The van der Waals surface area contributed by atoms with Crippen LogP contribution in [0.2, 0.25) is 0 Å². The molecule has 0 heterocycles. The van der Waals surface area contributed by atoms with Crippen molar-refractivity contribution < 1.29 is 0 Å². The maximum absolute atomic E-state index is 2.34. The highest BCUT2D eigenvalue weighted by atomic mass is 14.3. The first-order chi connectivity index (χ1) is 6.84. The quantitative estimate of drug-likeness (QED) is 0.571. The Balaban J connectivity index is 2.22. The van der Waals surface area contributed by atoms with Gasteiger partial charge >= 0.3 is 0 Å². The van der Waals surface area contributed by atoms with E-state index in [0.29, 0.717) is 5.92 Å². The van der Waals surface area contributed by atoms with Crippen molar-refractivity contribution >= 4 is 6.08 Å². The molecule has 0 heteroatoms. The minimum absolute atomic E-state index is 0.510. The van der Waals surface area contributed by atoms with E-state index in [0.717, 1.165) is 0 Å². The van der Waals surface area contributed by atoms with Crippen LogP contribution in [0, 0.1) is 0 Å². The highest BCUT2D eigenvalue weighted by Gasteiger charge is 2.21. The monoisotopic (exact) mass is 180 g/mol. The van der Waals surface area contributed by atoms with Crippen molar-refractivity contribution in [3.63, 3.8) is 0 Å². The molecule has 0 fully saturated rings. The lowest BCUT2D eigenvalue weighted by molar-refractivity contribution is 1.03. The average molecular weight is 180 g/mol. The highest BCUT2D eigenvalue weighted by molar-refractivity contribution is 5.68. The van der Waals surface area contributed by atoms with Crippen LogP contribution in [0.15, 0.2) is 53.6 Å². The molecular formula is C14H12. The molecule has 0 aliphatic heterocycles. The molecule has 0 nitrogen and oxygen atoms in total. The van der Waals surface area contributed by atoms with E-state index in [2.05, 4.69) is 55.5 Å². The van der Waals surface area contributed by atoms with Gasteiger partial charge in [-0.3, -0.25) is 0 Å². The van der Waals surface area contributed by atoms with Gasteiger partial charge in [0.2, 0.25) is 0 Å². The normalized spacial score (nSPS) is 22.5. The van der Waals surface area contributed by atoms with E-state index in [1.165, 1.54) is 22.3 Å². The van der Waals surface area contributed by atoms with Crippen molar-refractivity contribution in [1.82, 2.24) is 0 Å². The second-order valence-electron chi connectivity index (χ2n) is 3.99. The summed E-state index contributed by atoms with van der Waals surface area (Å²) in [6.45, 7) is 2.17. The summed E-state index contributed by atoms with van der Waals surface area (Å²) in [7, 11) is 0. The zero-order valence-electron chi connectivity index (χ0n) is 8.20. The van der Waals surface area contributed by atoms with Crippen LogP contribution in [-0.2, 0) is 0 Å². The molecule has 0 amide bonds. The molecule has 3 rings (SSSR count). The molecule has 1 aromatic carbocycles. The molecule has 2 aliphatic carbocycles. The van der Waals surface area contributed by atoms with Crippen molar-refractivity contribution in [2.45, 2.75) is 12.8 Å². The molecule has 2 aliphatic rings. The summed E-state index contributed by atoms with van der Waals surface area (Å²) in [4.78, 5) is 0. The van der Waals surface area contributed by atoms with Crippen LogP contribution in [0.25, 0.3) is 6.08 Å². The third kappa shape index (κ3) is 1.00. The molecule has 0 radical (unpaired) electrons. The second kappa shape index (κ2) is 2.71. The van der Waals surface area contributed by atoms with Gasteiger partial charge in [-0.2, -0.15) is 0 Å². The maximum Gasteiger partial charge on any atom is 0.0281 e. The first-order valence-corrected chi connectivity index (χ1v) is 5.01. The van der Waals surface area contributed by atoms with Crippen molar-refractivity contribution in [2.24, 2.45) is 0 Å². The Morgan fingerprint density at radius 2 is 1.93 bits per heavy atom. The lowest BCUT2D eigenvalue weighted by Gasteiger charge is -2.18. The summed E-state index contributed by atoms with van der Waals surface area (Å²) in [6.07, 6.45) is 9.07. The van der Waals surface area contributed by atoms with E-state index < -0.39 is 0 Å². The van der Waals surface area contributed by atoms with Gasteiger partial charge in [-0.1, -0.05) is 54.1 Å². The van der Waals surface area contributed by atoms with Crippen LogP contribution in [0.5, 0.6) is 0 Å². The number of benzene rings is 1. The first kappa shape index (κ1) is 7.81. The standard InChI is InChI=1S/C14H12/c1-10-8-12-7-6-11-4-2-3-5-13(11)14(12)9-10/h2-9,14H,1H3. The van der Waals surface area contributed by atoms with Gasteiger partial charge in [-0.05, 0) is 23.6 Å².